The van der Waals surface area contributed by atoms with Crippen LogP contribution in [0, 0.1) is 13.8 Å². The van der Waals surface area contributed by atoms with Crippen molar-refractivity contribution in [1.82, 2.24) is 14.9 Å². The van der Waals surface area contributed by atoms with Crippen molar-refractivity contribution in [3.8, 4) is 5.88 Å². The number of hydrogen-bond acceptors (Lipinski definition) is 8. The summed E-state index contributed by atoms with van der Waals surface area (Å²) in [5.41, 5.74) is 6.32. The third kappa shape index (κ3) is 5.98. The van der Waals surface area contributed by atoms with Gasteiger partial charge in [-0.05, 0) is 43.7 Å². The number of azo groups is 1. The summed E-state index contributed by atoms with van der Waals surface area (Å²) < 4.78 is 17.0. The van der Waals surface area contributed by atoms with E-state index in [0.29, 0.717) is 19.0 Å². The van der Waals surface area contributed by atoms with E-state index in [0.717, 1.165) is 81.7 Å². The van der Waals surface area contributed by atoms with Crippen molar-refractivity contribution in [2.24, 2.45) is 10.2 Å². The summed E-state index contributed by atoms with van der Waals surface area (Å²) in [5, 5.41) is 10.1. The fourth-order valence-electron chi connectivity index (χ4n) is 4.51. The van der Waals surface area contributed by atoms with Gasteiger partial charge in [-0.2, -0.15) is 10.2 Å². The van der Waals surface area contributed by atoms with Crippen molar-refractivity contribution in [2.75, 3.05) is 70.7 Å². The lowest BCUT2D eigenvalue weighted by Crippen LogP contribution is -2.38. The number of pyridine rings is 1. The molecule has 0 spiro atoms. The van der Waals surface area contributed by atoms with Crippen LogP contribution in [0.4, 0.5) is 11.4 Å². The SMILES string of the molecule is Cc1[nH]c2ccc(N=NCc3cc(N4CCOCC4)cc(OCCN4CCOCC4)n3)cc2c1C. The number of aromatic amines is 1. The van der Waals surface area contributed by atoms with E-state index in [1.165, 1.54) is 16.6 Å². The lowest BCUT2D eigenvalue weighted by atomic mass is 10.1. The first-order valence-corrected chi connectivity index (χ1v) is 12.4. The van der Waals surface area contributed by atoms with E-state index in [4.69, 9.17) is 19.2 Å². The summed E-state index contributed by atoms with van der Waals surface area (Å²) in [4.78, 5) is 12.8. The normalized spacial score (nSPS) is 17.5. The Balaban J connectivity index is 1.28. The first-order chi connectivity index (χ1) is 17.2. The van der Waals surface area contributed by atoms with Crippen LogP contribution in [0.1, 0.15) is 17.0 Å². The van der Waals surface area contributed by atoms with Crippen LogP contribution in [0.3, 0.4) is 0 Å². The molecule has 0 atom stereocenters. The molecule has 9 nitrogen and oxygen atoms in total. The number of anilines is 1. The van der Waals surface area contributed by atoms with Gasteiger partial charge in [0.25, 0.3) is 0 Å². The van der Waals surface area contributed by atoms with Crippen LogP contribution >= 0.6 is 0 Å². The number of ether oxygens (including phenoxy) is 3. The summed E-state index contributed by atoms with van der Waals surface area (Å²) in [6.45, 7) is 12.7. The molecule has 0 bridgehead atoms. The van der Waals surface area contributed by atoms with Gasteiger partial charge in [-0.15, -0.1) is 0 Å². The van der Waals surface area contributed by atoms with Gasteiger partial charge < -0.3 is 24.1 Å². The van der Waals surface area contributed by atoms with Gasteiger partial charge in [-0.3, -0.25) is 4.90 Å². The third-order valence-corrected chi connectivity index (χ3v) is 6.69. The van der Waals surface area contributed by atoms with Crippen molar-refractivity contribution in [3.05, 3.63) is 47.3 Å². The van der Waals surface area contributed by atoms with Gasteiger partial charge in [0.2, 0.25) is 5.88 Å². The molecule has 2 fully saturated rings. The van der Waals surface area contributed by atoms with E-state index in [1.807, 2.05) is 12.1 Å². The number of aromatic nitrogens is 2. The Hall–Kier alpha value is -3.01. The number of benzene rings is 1. The molecule has 9 heteroatoms. The highest BCUT2D eigenvalue weighted by atomic mass is 16.5. The van der Waals surface area contributed by atoms with Gasteiger partial charge >= 0.3 is 0 Å². The maximum atomic E-state index is 6.08. The minimum Gasteiger partial charge on any atom is -0.476 e. The molecule has 35 heavy (non-hydrogen) atoms. The molecular weight excluding hydrogens is 444 g/mol. The van der Waals surface area contributed by atoms with Crippen LogP contribution < -0.4 is 9.64 Å². The molecule has 0 unspecified atom stereocenters. The highest BCUT2D eigenvalue weighted by Gasteiger charge is 2.15. The number of aryl methyl sites for hydroxylation is 2. The predicted molar refractivity (Wildman–Crippen MR) is 136 cm³/mol. The fraction of sp³-hybridized carbons (Fsp3) is 0.500. The molecule has 0 amide bonds. The molecule has 2 aromatic heterocycles. The quantitative estimate of drug-likeness (QED) is 0.492. The average Bonchev–Trinajstić information content (AvgIpc) is 3.18. The van der Waals surface area contributed by atoms with Crippen LogP contribution in [0.25, 0.3) is 10.9 Å². The van der Waals surface area contributed by atoms with E-state index < -0.39 is 0 Å². The number of fused-ring (bicyclic) bond motifs is 1. The van der Waals surface area contributed by atoms with Crippen molar-refractivity contribution < 1.29 is 14.2 Å². The van der Waals surface area contributed by atoms with Gasteiger partial charge in [-0.25, -0.2) is 4.98 Å². The van der Waals surface area contributed by atoms with Gasteiger partial charge in [-0.1, -0.05) is 0 Å². The van der Waals surface area contributed by atoms with E-state index in [9.17, 15) is 0 Å². The zero-order chi connectivity index (χ0) is 24.0. The van der Waals surface area contributed by atoms with Gasteiger partial charge in [0.05, 0.1) is 37.8 Å². The highest BCUT2D eigenvalue weighted by molar-refractivity contribution is 5.86. The van der Waals surface area contributed by atoms with Crippen LogP contribution in [-0.4, -0.2) is 80.6 Å². The molecule has 1 N–H and O–H groups in total. The van der Waals surface area contributed by atoms with Crippen molar-refractivity contribution >= 4 is 22.3 Å². The third-order valence-electron chi connectivity index (χ3n) is 6.69. The van der Waals surface area contributed by atoms with Crippen LogP contribution in [0.5, 0.6) is 5.88 Å². The summed E-state index contributed by atoms with van der Waals surface area (Å²) in [6.07, 6.45) is 0. The minimum atomic E-state index is 0.390. The molecule has 0 aliphatic carbocycles. The van der Waals surface area contributed by atoms with Crippen LogP contribution in [-0.2, 0) is 16.0 Å². The number of rotatable bonds is 8. The van der Waals surface area contributed by atoms with E-state index >= 15 is 0 Å². The summed E-state index contributed by atoms with van der Waals surface area (Å²) in [7, 11) is 0. The number of nitrogens with zero attached hydrogens (tertiary/aromatic N) is 5. The largest absolute Gasteiger partial charge is 0.476 e. The molecule has 0 radical (unpaired) electrons. The zero-order valence-electron chi connectivity index (χ0n) is 20.6. The first-order valence-electron chi connectivity index (χ1n) is 12.4. The monoisotopic (exact) mass is 478 g/mol. The molecule has 4 heterocycles. The number of hydrogen-bond donors (Lipinski definition) is 1. The molecule has 0 saturated carbocycles. The summed E-state index contributed by atoms with van der Waals surface area (Å²) in [5.74, 6) is 0.632. The second kappa shape index (κ2) is 11.2. The van der Waals surface area contributed by atoms with Crippen LogP contribution in [0.15, 0.2) is 40.6 Å². The Labute approximate surface area is 206 Å². The van der Waals surface area contributed by atoms with Crippen LogP contribution in [0.2, 0.25) is 0 Å². The Bertz CT molecular complexity index is 1170. The van der Waals surface area contributed by atoms with Gasteiger partial charge in [0.1, 0.15) is 13.2 Å². The number of H-pyrrole nitrogens is 1. The second-order valence-corrected chi connectivity index (χ2v) is 9.06. The molecule has 2 aliphatic heterocycles. The van der Waals surface area contributed by atoms with E-state index in [2.05, 4.69) is 57.1 Å². The zero-order valence-corrected chi connectivity index (χ0v) is 20.6. The minimum absolute atomic E-state index is 0.390. The molecule has 5 rings (SSSR count). The van der Waals surface area contributed by atoms with Gasteiger partial charge in [0, 0.05) is 61.1 Å². The standard InChI is InChI=1S/C26H34N6O3/c1-19-20(2)28-25-4-3-21(16-24(19)25)30-27-18-22-15-23(32-8-12-34-13-9-32)17-26(29-22)35-14-7-31-5-10-33-11-6-31/h3-4,15-17,28H,5-14,18H2,1-2H3. The average molecular weight is 479 g/mol. The number of nitrogens with one attached hydrogen (secondary N) is 1. The smallest absolute Gasteiger partial charge is 0.215 e. The summed E-state index contributed by atoms with van der Waals surface area (Å²) >= 11 is 0. The molecule has 3 aromatic rings. The molecule has 2 saturated heterocycles. The van der Waals surface area contributed by atoms with Crippen molar-refractivity contribution in [1.29, 1.82) is 0 Å². The molecule has 186 valence electrons. The predicted octanol–water partition coefficient (Wildman–Crippen LogP) is 4.01. The highest BCUT2D eigenvalue weighted by Crippen LogP contribution is 2.27. The van der Waals surface area contributed by atoms with E-state index in [-0.39, 0.29) is 0 Å². The Morgan fingerprint density at radius 3 is 2.57 bits per heavy atom. The lowest BCUT2D eigenvalue weighted by molar-refractivity contribution is 0.0320. The fourth-order valence-corrected chi connectivity index (χ4v) is 4.51. The summed E-state index contributed by atoms with van der Waals surface area (Å²) in [6, 6.07) is 10.2. The Kier molecular flexibility index (Phi) is 7.56. The van der Waals surface area contributed by atoms with E-state index in [1.54, 1.807) is 0 Å². The number of morpholine rings is 2. The maximum absolute atomic E-state index is 6.08. The lowest BCUT2D eigenvalue weighted by Gasteiger charge is -2.29. The first kappa shape index (κ1) is 23.7. The topological polar surface area (TPSA) is 87.6 Å². The van der Waals surface area contributed by atoms with Gasteiger partial charge in [0.15, 0.2) is 0 Å². The Morgan fingerprint density at radius 1 is 1.00 bits per heavy atom. The second-order valence-electron chi connectivity index (χ2n) is 9.06. The molecule has 1 aromatic carbocycles. The maximum Gasteiger partial charge on any atom is 0.215 e. The van der Waals surface area contributed by atoms with Crippen molar-refractivity contribution in [3.63, 3.8) is 0 Å². The Morgan fingerprint density at radius 2 is 1.77 bits per heavy atom. The molecular formula is C26H34N6O3. The van der Waals surface area contributed by atoms with Crippen molar-refractivity contribution in [2.45, 2.75) is 20.4 Å². The molecule has 2 aliphatic rings.